The maximum atomic E-state index is 0. The van der Waals surface area contributed by atoms with Crippen LogP contribution in [0.1, 0.15) is 0 Å². The molecule has 0 aromatic rings. The second-order valence-corrected chi connectivity index (χ2v) is 0. The van der Waals surface area contributed by atoms with Crippen molar-refractivity contribution >= 4 is 37.7 Å². The van der Waals surface area contributed by atoms with Gasteiger partial charge in [0.25, 0.3) is 0 Å². The molecular formula is H5CaCl2NO. The molecule has 5 heavy (non-hydrogen) atoms. The van der Waals surface area contributed by atoms with E-state index < -0.39 is 0 Å². The van der Waals surface area contributed by atoms with Gasteiger partial charge in [0, 0.05) is 0 Å². The van der Waals surface area contributed by atoms with Gasteiger partial charge in [-0.3, -0.25) is 0 Å². The summed E-state index contributed by atoms with van der Waals surface area (Å²) in [5.74, 6) is 0. The first-order valence-electron chi connectivity index (χ1n) is 0. The van der Waals surface area contributed by atoms with Crippen molar-refractivity contribution < 1.29 is 30.3 Å². The number of halogens is 2. The van der Waals surface area contributed by atoms with Gasteiger partial charge in [0.15, 0.2) is 0 Å². The Kier molecular flexibility index (Phi) is 610. The van der Waals surface area contributed by atoms with E-state index in [4.69, 9.17) is 0 Å². The van der Waals surface area contributed by atoms with E-state index in [0.717, 1.165) is 0 Å². The van der Waals surface area contributed by atoms with Crippen molar-refractivity contribution in [3.8, 4) is 0 Å². The molecule has 0 rings (SSSR count). The molecule has 0 amide bonds. The monoisotopic (exact) mass is 145 g/mol. The molecule has 0 aromatic heterocycles. The minimum absolute atomic E-state index is 0. The summed E-state index contributed by atoms with van der Waals surface area (Å²) in [5, 5.41) is 0. The summed E-state index contributed by atoms with van der Waals surface area (Å²) in [6, 6.07) is 0. The van der Waals surface area contributed by atoms with Crippen molar-refractivity contribution in [2.24, 2.45) is 0 Å². The molecule has 0 radical (unpaired) electrons. The molecule has 0 saturated heterocycles. The molecule has 0 bridgehead atoms. The molecule has 0 saturated carbocycles. The summed E-state index contributed by atoms with van der Waals surface area (Å²) in [6.07, 6.45) is 0. The van der Waals surface area contributed by atoms with Crippen LogP contribution in [-0.2, 0) is 0 Å². The molecule has 0 fully saturated rings. The van der Waals surface area contributed by atoms with E-state index >= 15 is 0 Å². The second-order valence-electron chi connectivity index (χ2n) is 0. The van der Waals surface area contributed by atoms with Crippen molar-refractivity contribution in [2.45, 2.75) is 0 Å². The molecule has 2 nitrogen and oxygen atoms in total. The summed E-state index contributed by atoms with van der Waals surface area (Å²) in [4.78, 5) is 0. The van der Waals surface area contributed by atoms with Gasteiger partial charge >= 0.3 is 37.7 Å². The van der Waals surface area contributed by atoms with Crippen LogP contribution in [0.25, 0.3) is 0 Å². The molecule has 0 atom stereocenters. The maximum Gasteiger partial charge on any atom is 2.00 e. The minimum Gasteiger partial charge on any atom is -1.00 e. The smallest absolute Gasteiger partial charge is 1.00 e. The number of rotatable bonds is 0. The van der Waals surface area contributed by atoms with Crippen molar-refractivity contribution in [3.05, 3.63) is 0 Å². The van der Waals surface area contributed by atoms with Crippen LogP contribution in [0.3, 0.4) is 0 Å². The van der Waals surface area contributed by atoms with Gasteiger partial charge in [0.2, 0.25) is 0 Å². The minimum atomic E-state index is 0. The molecule has 0 spiro atoms. The van der Waals surface area contributed by atoms with Crippen LogP contribution in [-0.4, -0.2) is 43.2 Å². The Bertz CT molecular complexity index is 9.61. The Hall–Kier alpha value is 1.76. The Labute approximate surface area is 73.4 Å². The van der Waals surface area contributed by atoms with Crippen LogP contribution >= 0.6 is 0 Å². The number of hydrogen-bond acceptors (Lipinski definition) is 1. The Morgan fingerprint density at radius 3 is 0.800 bits per heavy atom. The van der Waals surface area contributed by atoms with E-state index in [9.17, 15) is 0 Å². The average Bonchev–Trinajstić information content (AvgIpc) is 0. The van der Waals surface area contributed by atoms with Gasteiger partial charge in [-0.15, -0.1) is 0 Å². The molecule has 0 aliphatic rings. The zero-order valence-electron chi connectivity index (χ0n) is 2.67. The zero-order chi connectivity index (χ0) is 0. The molecule has 0 aromatic carbocycles. The van der Waals surface area contributed by atoms with E-state index in [1.165, 1.54) is 0 Å². The molecule has 0 heterocycles. The fourth-order valence-electron chi connectivity index (χ4n) is 0. The van der Waals surface area contributed by atoms with Gasteiger partial charge in [0.1, 0.15) is 0 Å². The van der Waals surface area contributed by atoms with Crippen molar-refractivity contribution in [2.75, 3.05) is 0 Å². The van der Waals surface area contributed by atoms with Gasteiger partial charge in [-0.05, 0) is 0 Å². The summed E-state index contributed by atoms with van der Waals surface area (Å²) in [7, 11) is 0. The quantitative estimate of drug-likeness (QED) is 0.339. The first-order chi connectivity index (χ1) is 0. The Morgan fingerprint density at radius 2 is 0.800 bits per heavy atom. The SMILES string of the molecule is N.O.[Ca+2].[Cl-].[Cl-]. The topological polar surface area (TPSA) is 66.5 Å². The van der Waals surface area contributed by atoms with E-state index in [-0.39, 0.29) is 74.2 Å². The molecular weight excluding hydrogens is 141 g/mol. The summed E-state index contributed by atoms with van der Waals surface area (Å²) < 4.78 is 0. The molecule has 0 aliphatic heterocycles. The average molecular weight is 146 g/mol. The fraction of sp³-hybridized carbons (Fsp3) is 0. The normalized spacial score (nSPS) is 0. The van der Waals surface area contributed by atoms with Crippen LogP contribution in [0.2, 0.25) is 0 Å². The first kappa shape index (κ1) is 72.4. The summed E-state index contributed by atoms with van der Waals surface area (Å²) in [5.41, 5.74) is 0. The summed E-state index contributed by atoms with van der Waals surface area (Å²) in [6.45, 7) is 0. The van der Waals surface area contributed by atoms with Gasteiger partial charge in [-0.1, -0.05) is 0 Å². The third kappa shape index (κ3) is 26.3. The maximum absolute atomic E-state index is 0. The van der Waals surface area contributed by atoms with Crippen LogP contribution in [0.4, 0.5) is 0 Å². The van der Waals surface area contributed by atoms with Crippen molar-refractivity contribution in [3.63, 3.8) is 0 Å². The van der Waals surface area contributed by atoms with E-state index in [1.807, 2.05) is 0 Å². The van der Waals surface area contributed by atoms with Crippen LogP contribution in [0, 0.1) is 0 Å². The third-order valence-corrected chi connectivity index (χ3v) is 0. The summed E-state index contributed by atoms with van der Waals surface area (Å²) >= 11 is 0. The van der Waals surface area contributed by atoms with E-state index in [0.29, 0.717) is 0 Å². The molecule has 5 heteroatoms. The van der Waals surface area contributed by atoms with E-state index in [2.05, 4.69) is 0 Å². The molecule has 5 N–H and O–H groups in total. The second kappa shape index (κ2) is 42.1. The van der Waals surface area contributed by atoms with Crippen LogP contribution in [0.15, 0.2) is 0 Å². The standard InChI is InChI=1S/Ca.2ClH.H3N.H2O/h;2*1H;1H3;1H2/q+2;;;;/p-2. The van der Waals surface area contributed by atoms with Gasteiger partial charge in [-0.2, -0.15) is 0 Å². The van der Waals surface area contributed by atoms with Gasteiger partial charge < -0.3 is 36.4 Å². The zero-order valence-corrected chi connectivity index (χ0v) is 6.39. The van der Waals surface area contributed by atoms with E-state index in [1.54, 1.807) is 0 Å². The predicted octanol–water partition coefficient (Wildman–Crippen LogP) is -7.04. The Morgan fingerprint density at radius 1 is 0.800 bits per heavy atom. The molecule has 32 valence electrons. The molecule has 0 unspecified atom stereocenters. The predicted molar refractivity (Wildman–Crippen MR) is 14.4 cm³/mol. The van der Waals surface area contributed by atoms with Gasteiger partial charge in [0.05, 0.1) is 0 Å². The first-order valence-corrected chi connectivity index (χ1v) is 0. The Balaban J connectivity index is 0. The van der Waals surface area contributed by atoms with Gasteiger partial charge in [-0.25, -0.2) is 0 Å². The van der Waals surface area contributed by atoms with Crippen molar-refractivity contribution in [1.82, 2.24) is 6.15 Å². The molecule has 0 aliphatic carbocycles. The van der Waals surface area contributed by atoms with Crippen LogP contribution in [0.5, 0.6) is 0 Å². The van der Waals surface area contributed by atoms with Crippen molar-refractivity contribution in [1.29, 1.82) is 0 Å². The third-order valence-electron chi connectivity index (χ3n) is 0. The number of hydrogen-bond donors (Lipinski definition) is 1. The fourth-order valence-corrected chi connectivity index (χ4v) is 0. The largest absolute Gasteiger partial charge is 2.00 e. The van der Waals surface area contributed by atoms with Crippen LogP contribution < -0.4 is 31.0 Å².